The maximum atomic E-state index is 11.6. The van der Waals surface area contributed by atoms with Crippen molar-refractivity contribution in [3.05, 3.63) is 43.0 Å². The number of hydrogen-bond acceptors (Lipinski definition) is 3. The van der Waals surface area contributed by atoms with Gasteiger partial charge in [0.1, 0.15) is 5.92 Å². The van der Waals surface area contributed by atoms with Gasteiger partial charge < -0.3 is 15.0 Å². The van der Waals surface area contributed by atoms with Crippen LogP contribution in [0.25, 0.3) is 5.69 Å². The van der Waals surface area contributed by atoms with Gasteiger partial charge in [0, 0.05) is 23.8 Å². The van der Waals surface area contributed by atoms with Crippen LogP contribution in [0.5, 0.6) is 0 Å². The predicted molar refractivity (Wildman–Crippen MR) is 69.0 cm³/mol. The summed E-state index contributed by atoms with van der Waals surface area (Å²) in [4.78, 5) is 26.3. The summed E-state index contributed by atoms with van der Waals surface area (Å²) in [6.07, 6.45) is 5.07. The quantitative estimate of drug-likeness (QED) is 0.815. The monoisotopic (exact) mass is 259 g/mol. The molecule has 0 aliphatic heterocycles. The van der Waals surface area contributed by atoms with Crippen LogP contribution in [-0.2, 0) is 9.59 Å². The first-order valence-electron chi connectivity index (χ1n) is 5.70. The maximum absolute atomic E-state index is 11.6. The zero-order chi connectivity index (χ0) is 13.8. The standard InChI is InChI=1S/C13H13N3O3/c1-9(13(18)19)12(17)15-10-3-2-4-11(7-10)16-6-5-14-8-16/h2-9H,1H3,(H,15,17)(H,18,19). The van der Waals surface area contributed by atoms with E-state index in [1.165, 1.54) is 6.92 Å². The van der Waals surface area contributed by atoms with Gasteiger partial charge in [-0.25, -0.2) is 4.98 Å². The number of hydrogen-bond donors (Lipinski definition) is 2. The Hall–Kier alpha value is -2.63. The smallest absolute Gasteiger partial charge is 0.315 e. The molecule has 0 bridgehead atoms. The third-order valence-corrected chi connectivity index (χ3v) is 2.68. The molecule has 2 aromatic rings. The van der Waals surface area contributed by atoms with Gasteiger partial charge in [0.25, 0.3) is 0 Å². The molecule has 19 heavy (non-hydrogen) atoms. The van der Waals surface area contributed by atoms with E-state index < -0.39 is 17.8 Å². The normalized spacial score (nSPS) is 11.8. The van der Waals surface area contributed by atoms with Crippen LogP contribution >= 0.6 is 0 Å². The van der Waals surface area contributed by atoms with Gasteiger partial charge in [-0.2, -0.15) is 0 Å². The van der Waals surface area contributed by atoms with Gasteiger partial charge in [-0.05, 0) is 25.1 Å². The van der Waals surface area contributed by atoms with Crippen molar-refractivity contribution in [2.24, 2.45) is 5.92 Å². The molecule has 1 unspecified atom stereocenters. The van der Waals surface area contributed by atoms with Gasteiger partial charge >= 0.3 is 5.97 Å². The number of carboxylic acids is 1. The summed E-state index contributed by atoms with van der Waals surface area (Å²) < 4.78 is 1.79. The molecule has 0 fully saturated rings. The zero-order valence-corrected chi connectivity index (χ0v) is 10.3. The fraction of sp³-hybridized carbons (Fsp3) is 0.154. The molecular formula is C13H13N3O3. The Kier molecular flexibility index (Phi) is 3.61. The molecule has 2 N–H and O–H groups in total. The third-order valence-electron chi connectivity index (χ3n) is 2.68. The summed E-state index contributed by atoms with van der Waals surface area (Å²) in [6.45, 7) is 1.34. The van der Waals surface area contributed by atoms with E-state index in [9.17, 15) is 9.59 Å². The van der Waals surface area contributed by atoms with Gasteiger partial charge in [0.2, 0.25) is 5.91 Å². The minimum atomic E-state index is -1.15. The van der Waals surface area contributed by atoms with Crippen molar-refractivity contribution >= 4 is 17.6 Å². The number of amides is 1. The first kappa shape index (κ1) is 12.8. The van der Waals surface area contributed by atoms with Gasteiger partial charge in [0.05, 0.1) is 6.33 Å². The van der Waals surface area contributed by atoms with Crippen molar-refractivity contribution in [3.63, 3.8) is 0 Å². The summed E-state index contributed by atoms with van der Waals surface area (Å²) >= 11 is 0. The number of carboxylic acid groups (broad SMARTS) is 1. The molecule has 0 aliphatic carbocycles. The molecule has 0 saturated carbocycles. The molecule has 0 saturated heterocycles. The van der Waals surface area contributed by atoms with Gasteiger partial charge in [-0.15, -0.1) is 0 Å². The predicted octanol–water partition coefficient (Wildman–Crippen LogP) is 1.53. The first-order valence-corrected chi connectivity index (χ1v) is 5.70. The Balaban J connectivity index is 2.16. The highest BCUT2D eigenvalue weighted by Crippen LogP contribution is 2.15. The molecule has 1 atom stereocenters. The van der Waals surface area contributed by atoms with E-state index in [0.717, 1.165) is 5.69 Å². The van der Waals surface area contributed by atoms with E-state index in [1.807, 2.05) is 6.07 Å². The average Bonchev–Trinajstić information content (AvgIpc) is 2.91. The Labute approximate surface area is 109 Å². The van der Waals surface area contributed by atoms with Crippen molar-refractivity contribution in [3.8, 4) is 5.69 Å². The number of nitrogens with one attached hydrogen (secondary N) is 1. The topological polar surface area (TPSA) is 84.2 Å². The molecule has 1 aromatic heterocycles. The van der Waals surface area contributed by atoms with Crippen molar-refractivity contribution in [1.82, 2.24) is 9.55 Å². The van der Waals surface area contributed by atoms with Crippen molar-refractivity contribution in [1.29, 1.82) is 0 Å². The molecule has 1 heterocycles. The molecule has 0 spiro atoms. The van der Waals surface area contributed by atoms with Crippen LogP contribution < -0.4 is 5.32 Å². The summed E-state index contributed by atoms with van der Waals surface area (Å²) in [5.74, 6) is -2.78. The lowest BCUT2D eigenvalue weighted by Gasteiger charge is -2.10. The van der Waals surface area contributed by atoms with Crippen LogP contribution in [0.2, 0.25) is 0 Å². The summed E-state index contributed by atoms with van der Waals surface area (Å²) in [7, 11) is 0. The Bertz CT molecular complexity index is 593. The summed E-state index contributed by atoms with van der Waals surface area (Å²) in [5.41, 5.74) is 1.38. The second-order valence-corrected chi connectivity index (χ2v) is 4.07. The van der Waals surface area contributed by atoms with Crippen LogP contribution in [0.4, 0.5) is 5.69 Å². The molecule has 0 radical (unpaired) electrons. The van der Waals surface area contributed by atoms with E-state index in [4.69, 9.17) is 5.11 Å². The fourth-order valence-electron chi connectivity index (χ4n) is 1.52. The molecule has 1 aromatic carbocycles. The molecule has 98 valence electrons. The number of carbonyl (C=O) groups excluding carboxylic acids is 1. The lowest BCUT2D eigenvalue weighted by molar-refractivity contribution is -0.144. The Morgan fingerprint density at radius 2 is 2.21 bits per heavy atom. The second kappa shape index (κ2) is 5.34. The number of carbonyl (C=O) groups is 2. The van der Waals surface area contributed by atoms with Gasteiger partial charge in [-0.3, -0.25) is 9.59 Å². The van der Waals surface area contributed by atoms with Gasteiger partial charge in [-0.1, -0.05) is 6.07 Å². The SMILES string of the molecule is CC(C(=O)O)C(=O)Nc1cccc(-n2ccnc2)c1. The van der Waals surface area contributed by atoms with Crippen LogP contribution in [0.15, 0.2) is 43.0 Å². The molecular weight excluding hydrogens is 246 g/mol. The number of aromatic nitrogens is 2. The van der Waals surface area contributed by atoms with E-state index in [1.54, 1.807) is 41.5 Å². The second-order valence-electron chi connectivity index (χ2n) is 4.07. The van der Waals surface area contributed by atoms with Crippen LogP contribution in [0, 0.1) is 5.92 Å². The molecule has 2 rings (SSSR count). The number of benzene rings is 1. The Morgan fingerprint density at radius 3 is 2.84 bits per heavy atom. The highest BCUT2D eigenvalue weighted by molar-refractivity contribution is 6.03. The number of nitrogens with zero attached hydrogens (tertiary/aromatic N) is 2. The van der Waals surface area contributed by atoms with Gasteiger partial charge in [0.15, 0.2) is 0 Å². The zero-order valence-electron chi connectivity index (χ0n) is 10.3. The van der Waals surface area contributed by atoms with Crippen LogP contribution in [-0.4, -0.2) is 26.5 Å². The van der Waals surface area contributed by atoms with E-state index >= 15 is 0 Å². The van der Waals surface area contributed by atoms with E-state index in [-0.39, 0.29) is 0 Å². The van der Waals surface area contributed by atoms with Crippen molar-refractivity contribution < 1.29 is 14.7 Å². The Morgan fingerprint density at radius 1 is 1.42 bits per heavy atom. The minimum Gasteiger partial charge on any atom is -0.481 e. The largest absolute Gasteiger partial charge is 0.481 e. The molecule has 6 heteroatoms. The third kappa shape index (κ3) is 2.98. The molecule has 1 amide bonds. The summed E-state index contributed by atoms with van der Waals surface area (Å²) in [5, 5.41) is 11.3. The minimum absolute atomic E-state index is 0.546. The summed E-state index contributed by atoms with van der Waals surface area (Å²) in [6, 6.07) is 7.08. The number of aliphatic carboxylic acids is 1. The van der Waals surface area contributed by atoms with Crippen LogP contribution in [0.1, 0.15) is 6.92 Å². The lowest BCUT2D eigenvalue weighted by atomic mass is 10.1. The van der Waals surface area contributed by atoms with Crippen LogP contribution in [0.3, 0.4) is 0 Å². The molecule has 6 nitrogen and oxygen atoms in total. The number of anilines is 1. The number of rotatable bonds is 4. The van der Waals surface area contributed by atoms with E-state index in [0.29, 0.717) is 5.69 Å². The maximum Gasteiger partial charge on any atom is 0.315 e. The van der Waals surface area contributed by atoms with Crippen molar-refractivity contribution in [2.45, 2.75) is 6.92 Å². The number of imidazole rings is 1. The fourth-order valence-corrected chi connectivity index (χ4v) is 1.52. The first-order chi connectivity index (χ1) is 9.08. The lowest BCUT2D eigenvalue weighted by Crippen LogP contribution is -2.26. The highest BCUT2D eigenvalue weighted by atomic mass is 16.4. The molecule has 0 aliphatic rings. The van der Waals surface area contributed by atoms with Crippen molar-refractivity contribution in [2.75, 3.05) is 5.32 Å². The van der Waals surface area contributed by atoms with E-state index in [2.05, 4.69) is 10.3 Å². The highest BCUT2D eigenvalue weighted by Gasteiger charge is 2.20. The average molecular weight is 259 g/mol.